The summed E-state index contributed by atoms with van der Waals surface area (Å²) in [6.45, 7) is 3.85. The molecule has 3 rings (SSSR count). The number of ether oxygens (including phenoxy) is 1. The van der Waals surface area contributed by atoms with Gasteiger partial charge in [0.2, 0.25) is 5.91 Å². The number of hydrogen-bond acceptors (Lipinski definition) is 5. The first-order valence-corrected chi connectivity index (χ1v) is 10.1. The summed E-state index contributed by atoms with van der Waals surface area (Å²) in [6.07, 6.45) is -0.314. The number of thioether (sulfide) groups is 1. The van der Waals surface area contributed by atoms with Gasteiger partial charge in [-0.1, -0.05) is 47.6 Å². The summed E-state index contributed by atoms with van der Waals surface area (Å²) >= 11 is 7.32. The lowest BCUT2D eigenvalue weighted by atomic mass is 10.2. The van der Waals surface area contributed by atoms with Crippen molar-refractivity contribution in [3.8, 4) is 5.75 Å². The number of rotatable bonds is 7. The van der Waals surface area contributed by atoms with Crippen LogP contribution in [0.4, 0.5) is 5.69 Å². The second-order valence-corrected chi connectivity index (χ2v) is 7.65. The van der Waals surface area contributed by atoms with E-state index in [1.165, 1.54) is 11.8 Å². The molecule has 0 saturated carbocycles. The van der Waals surface area contributed by atoms with E-state index in [-0.39, 0.29) is 17.8 Å². The van der Waals surface area contributed by atoms with Crippen LogP contribution >= 0.6 is 23.4 Å². The van der Waals surface area contributed by atoms with E-state index in [1.807, 2.05) is 61.9 Å². The van der Waals surface area contributed by atoms with Gasteiger partial charge in [0.25, 0.3) is 0 Å². The van der Waals surface area contributed by atoms with E-state index >= 15 is 0 Å². The van der Waals surface area contributed by atoms with Crippen LogP contribution in [0.15, 0.2) is 53.7 Å². The van der Waals surface area contributed by atoms with Crippen LogP contribution in [-0.4, -0.2) is 26.4 Å². The van der Waals surface area contributed by atoms with Crippen LogP contribution in [0.3, 0.4) is 0 Å². The third-order valence-corrected chi connectivity index (χ3v) is 5.35. The molecule has 1 atom stereocenters. The van der Waals surface area contributed by atoms with Crippen LogP contribution in [0, 0.1) is 6.92 Å². The molecule has 28 heavy (non-hydrogen) atoms. The SMILES string of the molecule is Cc1ccccc1NC(=O)CSc1nnc(C(C)Oc2cccc(Cl)c2)n1C. The number of nitrogens with zero attached hydrogens (tertiary/aromatic N) is 3. The Balaban J connectivity index is 1.59. The van der Waals surface area contributed by atoms with Crippen molar-refractivity contribution in [2.75, 3.05) is 11.1 Å². The van der Waals surface area contributed by atoms with Crippen molar-refractivity contribution < 1.29 is 9.53 Å². The Hall–Kier alpha value is -2.51. The lowest BCUT2D eigenvalue weighted by molar-refractivity contribution is -0.113. The number of carbonyl (C=O) groups is 1. The largest absolute Gasteiger partial charge is 0.483 e. The van der Waals surface area contributed by atoms with Gasteiger partial charge in [0.1, 0.15) is 5.75 Å². The Bertz CT molecular complexity index is 976. The molecule has 8 heteroatoms. The molecular weight excluding hydrogens is 396 g/mol. The van der Waals surface area contributed by atoms with E-state index in [2.05, 4.69) is 15.5 Å². The molecule has 0 spiro atoms. The zero-order valence-electron chi connectivity index (χ0n) is 15.8. The highest BCUT2D eigenvalue weighted by molar-refractivity contribution is 7.99. The standard InChI is InChI=1S/C20H21ClN4O2S/c1-13-7-4-5-10-17(13)22-18(26)12-28-20-24-23-19(25(20)3)14(2)27-16-9-6-8-15(21)11-16/h4-11,14H,12H2,1-3H3,(H,22,26). The van der Waals surface area contributed by atoms with Gasteiger partial charge in [-0.15, -0.1) is 10.2 Å². The fraction of sp³-hybridized carbons (Fsp3) is 0.250. The average molecular weight is 417 g/mol. The van der Waals surface area contributed by atoms with E-state index in [9.17, 15) is 4.79 Å². The predicted molar refractivity (Wildman–Crippen MR) is 112 cm³/mol. The molecule has 146 valence electrons. The Morgan fingerprint density at radius 1 is 1.25 bits per heavy atom. The first-order valence-electron chi connectivity index (χ1n) is 8.74. The molecule has 1 N–H and O–H groups in total. The van der Waals surface area contributed by atoms with Gasteiger partial charge in [-0.2, -0.15) is 0 Å². The van der Waals surface area contributed by atoms with E-state index < -0.39 is 0 Å². The number of anilines is 1. The molecule has 0 bridgehead atoms. The number of para-hydroxylation sites is 1. The van der Waals surface area contributed by atoms with Crippen LogP contribution < -0.4 is 10.1 Å². The topological polar surface area (TPSA) is 69.0 Å². The van der Waals surface area contributed by atoms with Crippen molar-refractivity contribution in [3.63, 3.8) is 0 Å². The third-order valence-electron chi connectivity index (χ3n) is 4.09. The molecule has 0 aliphatic carbocycles. The second-order valence-electron chi connectivity index (χ2n) is 6.27. The van der Waals surface area contributed by atoms with E-state index in [0.29, 0.717) is 21.8 Å². The summed E-state index contributed by atoms with van der Waals surface area (Å²) < 4.78 is 7.73. The minimum atomic E-state index is -0.314. The number of halogens is 1. The molecule has 1 unspecified atom stereocenters. The number of aromatic nitrogens is 3. The van der Waals surface area contributed by atoms with Crippen molar-refractivity contribution in [1.29, 1.82) is 0 Å². The van der Waals surface area contributed by atoms with Gasteiger partial charge in [-0.3, -0.25) is 4.79 Å². The summed E-state index contributed by atoms with van der Waals surface area (Å²) in [5, 5.41) is 12.6. The highest BCUT2D eigenvalue weighted by atomic mass is 35.5. The molecule has 0 saturated heterocycles. The summed E-state index contributed by atoms with van der Waals surface area (Å²) in [5.74, 6) is 1.48. The summed E-state index contributed by atoms with van der Waals surface area (Å²) in [4.78, 5) is 12.2. The van der Waals surface area contributed by atoms with Crippen LogP contribution in [0.25, 0.3) is 0 Å². The van der Waals surface area contributed by atoms with Crippen molar-refractivity contribution in [3.05, 3.63) is 64.9 Å². The van der Waals surface area contributed by atoms with Gasteiger partial charge in [-0.05, 0) is 43.7 Å². The monoisotopic (exact) mass is 416 g/mol. The highest BCUT2D eigenvalue weighted by Gasteiger charge is 2.18. The predicted octanol–water partition coefficient (Wildman–Crippen LogP) is 4.65. The number of aryl methyl sites for hydroxylation is 1. The normalized spacial score (nSPS) is 11.9. The quantitative estimate of drug-likeness (QED) is 0.568. The Kier molecular flexibility index (Phi) is 6.59. The van der Waals surface area contributed by atoms with E-state index in [4.69, 9.17) is 16.3 Å². The molecule has 0 fully saturated rings. The summed E-state index contributed by atoms with van der Waals surface area (Å²) in [6, 6.07) is 14.9. The maximum atomic E-state index is 12.2. The van der Waals surface area contributed by atoms with Crippen molar-refractivity contribution in [2.45, 2.75) is 25.1 Å². The van der Waals surface area contributed by atoms with Gasteiger partial charge in [0.05, 0.1) is 5.75 Å². The number of amides is 1. The molecule has 2 aromatic carbocycles. The van der Waals surface area contributed by atoms with E-state index in [0.717, 1.165) is 11.3 Å². The minimum absolute atomic E-state index is 0.0907. The maximum Gasteiger partial charge on any atom is 0.234 e. The van der Waals surface area contributed by atoms with Gasteiger partial charge >= 0.3 is 0 Å². The second kappa shape index (κ2) is 9.12. The Labute approximate surface area is 173 Å². The van der Waals surface area contributed by atoms with Crippen molar-refractivity contribution >= 4 is 35.0 Å². The summed E-state index contributed by atoms with van der Waals surface area (Å²) in [7, 11) is 1.86. The van der Waals surface area contributed by atoms with Gasteiger partial charge < -0.3 is 14.6 Å². The first kappa shape index (κ1) is 20.2. The molecule has 1 amide bonds. The number of hydrogen-bond donors (Lipinski definition) is 1. The molecule has 0 radical (unpaired) electrons. The molecular formula is C20H21ClN4O2S. The number of benzene rings is 2. The zero-order chi connectivity index (χ0) is 20.1. The van der Waals surface area contributed by atoms with Crippen LogP contribution in [0.1, 0.15) is 24.4 Å². The van der Waals surface area contributed by atoms with Crippen LogP contribution in [0.2, 0.25) is 5.02 Å². The smallest absolute Gasteiger partial charge is 0.234 e. The highest BCUT2D eigenvalue weighted by Crippen LogP contribution is 2.25. The van der Waals surface area contributed by atoms with Crippen molar-refractivity contribution in [2.24, 2.45) is 7.05 Å². The molecule has 1 aromatic heterocycles. The van der Waals surface area contributed by atoms with Gasteiger partial charge in [0.15, 0.2) is 17.1 Å². The average Bonchev–Trinajstić information content (AvgIpc) is 3.02. The lowest BCUT2D eigenvalue weighted by Crippen LogP contribution is -2.15. The fourth-order valence-corrected chi connectivity index (χ4v) is 3.53. The third kappa shape index (κ3) is 5.05. The minimum Gasteiger partial charge on any atom is -0.483 e. The Morgan fingerprint density at radius 3 is 2.79 bits per heavy atom. The molecule has 6 nitrogen and oxygen atoms in total. The number of nitrogens with one attached hydrogen (secondary N) is 1. The lowest BCUT2D eigenvalue weighted by Gasteiger charge is -2.14. The molecule has 1 heterocycles. The zero-order valence-corrected chi connectivity index (χ0v) is 17.4. The fourth-order valence-electron chi connectivity index (χ4n) is 2.63. The van der Waals surface area contributed by atoms with Crippen molar-refractivity contribution in [1.82, 2.24) is 14.8 Å². The molecule has 3 aromatic rings. The van der Waals surface area contributed by atoms with E-state index in [1.54, 1.807) is 12.1 Å². The maximum absolute atomic E-state index is 12.2. The molecule has 0 aliphatic heterocycles. The summed E-state index contributed by atoms with van der Waals surface area (Å²) in [5.41, 5.74) is 1.84. The van der Waals surface area contributed by atoms with Gasteiger partial charge in [0, 0.05) is 17.8 Å². The van der Waals surface area contributed by atoms with Crippen LogP contribution in [0.5, 0.6) is 5.75 Å². The Morgan fingerprint density at radius 2 is 2.04 bits per heavy atom. The molecule has 0 aliphatic rings. The van der Waals surface area contributed by atoms with Gasteiger partial charge in [-0.25, -0.2) is 0 Å². The van der Waals surface area contributed by atoms with Crippen LogP contribution in [-0.2, 0) is 11.8 Å². The first-order chi connectivity index (χ1) is 13.4. The number of carbonyl (C=O) groups excluding carboxylic acids is 1.